The number of hydrogen-bond acceptors (Lipinski definition) is 6. The molecule has 0 aliphatic heterocycles. The van der Waals surface area contributed by atoms with Gasteiger partial charge in [-0.25, -0.2) is 15.0 Å². The molecule has 0 N–H and O–H groups in total. The van der Waals surface area contributed by atoms with E-state index < -0.39 is 0 Å². The van der Waals surface area contributed by atoms with Crippen LogP contribution in [0.4, 0.5) is 0 Å². The normalized spacial score (nSPS) is 13.6. The van der Waals surface area contributed by atoms with Crippen LogP contribution in [0.3, 0.4) is 0 Å². The summed E-state index contributed by atoms with van der Waals surface area (Å²) in [7, 11) is 0. The summed E-state index contributed by atoms with van der Waals surface area (Å²) >= 11 is 1.70. The van der Waals surface area contributed by atoms with Crippen LogP contribution in [0.15, 0.2) is 160 Å². The molecular weight excluding hydrogens is 647 g/mol. The number of benzene rings is 7. The second-order valence-corrected chi connectivity index (χ2v) is 13.4. The highest BCUT2D eigenvalue weighted by Crippen LogP contribution is 2.40. The lowest BCUT2D eigenvalue weighted by molar-refractivity contribution is 0.668. The Morgan fingerprint density at radius 3 is 2.06 bits per heavy atom. The molecule has 11 rings (SSSR count). The molecule has 0 radical (unpaired) electrons. The third-order valence-corrected chi connectivity index (χ3v) is 10.4. The number of para-hydroxylation sites is 2. The van der Waals surface area contributed by atoms with E-state index in [9.17, 15) is 4.11 Å². The molecule has 0 atom stereocenters. The van der Waals surface area contributed by atoms with Gasteiger partial charge < -0.3 is 8.83 Å². The molecule has 0 amide bonds. The standard InChI is InChI=1S/C45H25N3O2S/c1-2-9-26(10-3-1)43-46-44(28-19-22-41-36(24-28)33-12-5-7-16-40(33)51-41)48-45(47-43)29-17-20-32-34-14-8-13-30(42(34)50-39(32)25-29)27-18-21-38-35(23-27)31-11-4-6-15-37(31)49-38/h1-25H/i8D,13D,14D,17D,20D,25D. The zero-order valence-electron chi connectivity index (χ0n) is 32.5. The van der Waals surface area contributed by atoms with Gasteiger partial charge in [-0.3, -0.25) is 0 Å². The Bertz CT molecular complexity index is 3510. The predicted octanol–water partition coefficient (Wildman–Crippen LogP) is 12.7. The minimum Gasteiger partial charge on any atom is -0.456 e. The Balaban J connectivity index is 1.16. The Morgan fingerprint density at radius 2 is 1.16 bits per heavy atom. The van der Waals surface area contributed by atoms with Gasteiger partial charge >= 0.3 is 0 Å². The molecule has 4 heterocycles. The van der Waals surface area contributed by atoms with Gasteiger partial charge in [0.25, 0.3) is 0 Å². The predicted molar refractivity (Wildman–Crippen MR) is 209 cm³/mol. The highest BCUT2D eigenvalue weighted by Gasteiger charge is 2.18. The first-order valence-electron chi connectivity index (χ1n) is 19.4. The molecule has 0 unspecified atom stereocenters. The van der Waals surface area contributed by atoms with Crippen LogP contribution < -0.4 is 0 Å². The third kappa shape index (κ3) is 4.50. The van der Waals surface area contributed by atoms with Crippen LogP contribution in [0.5, 0.6) is 0 Å². The first kappa shape index (κ1) is 22.9. The van der Waals surface area contributed by atoms with E-state index in [1.54, 1.807) is 23.5 Å². The number of rotatable bonds is 4. The van der Waals surface area contributed by atoms with Crippen LogP contribution >= 0.6 is 11.3 Å². The molecule has 0 spiro atoms. The molecule has 0 saturated carbocycles. The summed E-state index contributed by atoms with van der Waals surface area (Å²) in [5.41, 5.74) is 3.55. The van der Waals surface area contributed by atoms with Crippen LogP contribution in [-0.2, 0) is 0 Å². The highest BCUT2D eigenvalue weighted by molar-refractivity contribution is 7.25. The molecule has 0 saturated heterocycles. The van der Waals surface area contributed by atoms with E-state index in [-0.39, 0.29) is 75.1 Å². The zero-order chi connectivity index (χ0) is 38.7. The minimum atomic E-state index is -0.358. The van der Waals surface area contributed by atoms with Gasteiger partial charge in [-0.1, -0.05) is 97.0 Å². The largest absolute Gasteiger partial charge is 0.456 e. The van der Waals surface area contributed by atoms with Crippen molar-refractivity contribution in [2.24, 2.45) is 0 Å². The maximum Gasteiger partial charge on any atom is 0.164 e. The molecule has 0 aliphatic carbocycles. The van der Waals surface area contributed by atoms with Crippen molar-refractivity contribution in [1.29, 1.82) is 0 Å². The van der Waals surface area contributed by atoms with E-state index in [0.717, 1.165) is 36.5 Å². The van der Waals surface area contributed by atoms with E-state index in [2.05, 4.69) is 12.1 Å². The van der Waals surface area contributed by atoms with Crippen molar-refractivity contribution in [2.45, 2.75) is 0 Å². The van der Waals surface area contributed by atoms with Gasteiger partial charge in [-0.05, 0) is 60.1 Å². The second kappa shape index (κ2) is 10.9. The molecule has 238 valence electrons. The van der Waals surface area contributed by atoms with Gasteiger partial charge in [0.15, 0.2) is 17.5 Å². The average Bonchev–Trinajstić information content (AvgIpc) is 3.94. The van der Waals surface area contributed by atoms with Gasteiger partial charge in [0.2, 0.25) is 0 Å². The fraction of sp³-hybridized carbons (Fsp3) is 0. The molecule has 5 nitrogen and oxygen atoms in total. The fourth-order valence-corrected chi connectivity index (χ4v) is 7.90. The second-order valence-electron chi connectivity index (χ2n) is 12.3. The summed E-state index contributed by atoms with van der Waals surface area (Å²) < 4.78 is 69.8. The van der Waals surface area contributed by atoms with Crippen molar-refractivity contribution >= 4 is 75.4 Å². The molecule has 4 aromatic heterocycles. The lowest BCUT2D eigenvalue weighted by Crippen LogP contribution is -2.00. The lowest BCUT2D eigenvalue weighted by Gasteiger charge is -2.08. The Hall–Kier alpha value is -6.63. The molecule has 0 fully saturated rings. The monoisotopic (exact) mass is 677 g/mol. The van der Waals surface area contributed by atoms with Crippen molar-refractivity contribution in [3.05, 3.63) is 152 Å². The van der Waals surface area contributed by atoms with Crippen molar-refractivity contribution in [2.75, 3.05) is 0 Å². The molecular formula is C45H25N3O2S. The Morgan fingerprint density at radius 1 is 0.451 bits per heavy atom. The Labute approximate surface area is 303 Å². The highest BCUT2D eigenvalue weighted by atomic mass is 32.1. The fourth-order valence-electron chi connectivity index (χ4n) is 6.81. The van der Waals surface area contributed by atoms with Crippen LogP contribution in [0.2, 0.25) is 0 Å². The Kier molecular flexibility index (Phi) is 4.91. The van der Waals surface area contributed by atoms with Crippen LogP contribution in [0.25, 0.3) is 109 Å². The summed E-state index contributed by atoms with van der Waals surface area (Å²) in [6, 6.07) is 34.9. The van der Waals surface area contributed by atoms with Crippen molar-refractivity contribution in [3.63, 3.8) is 0 Å². The maximum atomic E-state index is 9.54. The number of nitrogens with zero attached hydrogens (tertiary/aromatic N) is 3. The van der Waals surface area contributed by atoms with Crippen LogP contribution in [0, 0.1) is 0 Å². The number of thiophene rings is 1. The van der Waals surface area contributed by atoms with Crippen LogP contribution in [0.1, 0.15) is 8.22 Å². The van der Waals surface area contributed by atoms with Crippen LogP contribution in [-0.4, -0.2) is 15.0 Å². The van der Waals surface area contributed by atoms with Gasteiger partial charge in [0.05, 0.1) is 8.22 Å². The van der Waals surface area contributed by atoms with E-state index in [0.29, 0.717) is 33.9 Å². The molecule has 6 heteroatoms. The smallest absolute Gasteiger partial charge is 0.164 e. The average molecular weight is 678 g/mol. The number of hydrogen-bond donors (Lipinski definition) is 0. The first-order chi connectivity index (χ1) is 27.7. The third-order valence-electron chi connectivity index (χ3n) is 9.25. The molecule has 0 aliphatic rings. The van der Waals surface area contributed by atoms with Gasteiger partial charge in [0, 0.05) is 64.0 Å². The first-order valence-corrected chi connectivity index (χ1v) is 17.2. The zero-order valence-corrected chi connectivity index (χ0v) is 27.4. The van der Waals surface area contributed by atoms with E-state index in [1.807, 2.05) is 91.0 Å². The van der Waals surface area contributed by atoms with Crippen molar-refractivity contribution in [1.82, 2.24) is 15.0 Å². The topological polar surface area (TPSA) is 65.0 Å². The van der Waals surface area contributed by atoms with E-state index in [4.69, 9.17) is 27.9 Å². The number of furan rings is 2. The van der Waals surface area contributed by atoms with Crippen molar-refractivity contribution < 1.29 is 17.1 Å². The SMILES string of the molecule is [2H]c1c([2H])c([2H])c2c(oc3c([2H])c(-c4nc(-c5ccccc5)nc(-c5ccc6sc7ccccc7c6c5)n4)c([2H])c([2H])c32)c1-c1ccc2oc3ccccc3c2c1. The lowest BCUT2D eigenvalue weighted by atomic mass is 10.00. The quantitative estimate of drug-likeness (QED) is 0.185. The van der Waals surface area contributed by atoms with E-state index in [1.165, 1.54) is 0 Å². The summed E-state index contributed by atoms with van der Waals surface area (Å²) in [4.78, 5) is 14.5. The molecule has 51 heavy (non-hydrogen) atoms. The van der Waals surface area contributed by atoms with Gasteiger partial charge in [0.1, 0.15) is 22.3 Å². The van der Waals surface area contributed by atoms with Crippen molar-refractivity contribution in [3.8, 4) is 45.3 Å². The molecule has 0 bridgehead atoms. The molecule has 7 aromatic carbocycles. The van der Waals surface area contributed by atoms with Gasteiger partial charge in [-0.2, -0.15) is 0 Å². The maximum absolute atomic E-state index is 9.54. The number of fused-ring (bicyclic) bond motifs is 9. The van der Waals surface area contributed by atoms with Gasteiger partial charge in [-0.15, -0.1) is 11.3 Å². The van der Waals surface area contributed by atoms with E-state index >= 15 is 0 Å². The number of aromatic nitrogens is 3. The summed E-state index contributed by atoms with van der Waals surface area (Å²) in [6.45, 7) is 0. The summed E-state index contributed by atoms with van der Waals surface area (Å²) in [6.07, 6.45) is 0. The summed E-state index contributed by atoms with van der Waals surface area (Å²) in [5, 5.41) is 3.99. The molecule has 11 aromatic rings. The summed E-state index contributed by atoms with van der Waals surface area (Å²) in [5.74, 6) is 0.684. The minimum absolute atomic E-state index is 0.0194.